The van der Waals surface area contributed by atoms with E-state index in [2.05, 4.69) is 42.9 Å². The number of aromatic amines is 1. The van der Waals surface area contributed by atoms with E-state index in [1.807, 2.05) is 30.3 Å². The van der Waals surface area contributed by atoms with Gasteiger partial charge in [-0.1, -0.05) is 23.7 Å². The molecule has 0 radical (unpaired) electrons. The highest BCUT2D eigenvalue weighted by Gasteiger charge is 2.52. The number of aryl methyl sites for hydroxylation is 1. The van der Waals surface area contributed by atoms with Crippen LogP contribution in [0.3, 0.4) is 0 Å². The lowest BCUT2D eigenvalue weighted by atomic mass is 9.90. The molecule has 0 unspecified atom stereocenters. The molecule has 0 spiro atoms. The van der Waals surface area contributed by atoms with E-state index in [9.17, 15) is 9.59 Å². The minimum Gasteiger partial charge on any atom is -0.394 e. The Morgan fingerprint density at radius 1 is 0.788 bits per heavy atom. The van der Waals surface area contributed by atoms with E-state index < -0.39 is 6.97 Å². The Labute approximate surface area is 388 Å². The van der Waals surface area contributed by atoms with Gasteiger partial charge in [-0.25, -0.2) is 4.99 Å². The smallest absolute Gasteiger partial charge is 0.394 e. The van der Waals surface area contributed by atoms with Gasteiger partial charge in [0.05, 0.1) is 64.2 Å². The minimum atomic E-state index is -4.16. The van der Waals surface area contributed by atoms with Crippen molar-refractivity contribution >= 4 is 65.1 Å². The first kappa shape index (κ1) is 46.9. The molecule has 2 aromatic heterocycles. The topological polar surface area (TPSA) is 150 Å². The molecule has 6 heterocycles. The van der Waals surface area contributed by atoms with Gasteiger partial charge in [0, 0.05) is 98.5 Å². The van der Waals surface area contributed by atoms with Crippen molar-refractivity contribution in [3.8, 4) is 0 Å². The van der Waals surface area contributed by atoms with E-state index in [0.717, 1.165) is 76.6 Å². The van der Waals surface area contributed by atoms with E-state index in [1.54, 1.807) is 48.7 Å². The maximum absolute atomic E-state index is 16.0. The van der Waals surface area contributed by atoms with E-state index in [1.165, 1.54) is 0 Å². The Kier molecular flexibility index (Phi) is 16.1. The number of aromatic nitrogens is 2. The number of para-hydroxylation sites is 1. The maximum atomic E-state index is 16.0. The molecule has 0 aliphatic carbocycles. The first-order chi connectivity index (χ1) is 32.2. The SMILES string of the molecule is O=C(CCOCCOCCOCCOCCNC(=O)CCc1ccc2n1[B-](F)(F)[N+]1=C(c3ccc[nH]3)C=CC1=C2)NCCCN1CCN(C2=Nc3cc(Cl)ccc3Nc3ccccc32)CC1. The van der Waals surface area contributed by atoms with Crippen molar-refractivity contribution in [3.63, 3.8) is 0 Å². The Hall–Kier alpha value is -5.63. The van der Waals surface area contributed by atoms with Crippen molar-refractivity contribution in [1.82, 2.24) is 29.9 Å². The number of anilines is 2. The van der Waals surface area contributed by atoms with Gasteiger partial charge in [-0.05, 0) is 79.7 Å². The molecule has 1 fully saturated rings. The van der Waals surface area contributed by atoms with E-state index in [-0.39, 0.29) is 24.7 Å². The predicted octanol–water partition coefficient (Wildman–Crippen LogP) is 5.58. The summed E-state index contributed by atoms with van der Waals surface area (Å²) in [5, 5.41) is 9.96. The third kappa shape index (κ3) is 11.8. The molecule has 19 heteroatoms. The summed E-state index contributed by atoms with van der Waals surface area (Å²) in [6, 6.07) is 20.9. The van der Waals surface area contributed by atoms with Crippen LogP contribution in [0.15, 0.2) is 95.8 Å². The fourth-order valence-corrected chi connectivity index (χ4v) is 8.65. The molecule has 4 aromatic rings. The van der Waals surface area contributed by atoms with Gasteiger partial charge in [0.2, 0.25) is 11.8 Å². The van der Waals surface area contributed by atoms with Crippen molar-refractivity contribution in [2.75, 3.05) is 104 Å². The Bertz CT molecular complexity index is 2430. The first-order valence-electron chi connectivity index (χ1n) is 22.7. The highest BCUT2D eigenvalue weighted by molar-refractivity contribution is 6.58. The van der Waals surface area contributed by atoms with Crippen LogP contribution < -0.4 is 16.0 Å². The lowest BCUT2D eigenvalue weighted by molar-refractivity contribution is -0.360. The van der Waals surface area contributed by atoms with E-state index in [4.69, 9.17) is 35.5 Å². The monoisotopic (exact) mass is 927 g/mol. The number of carbonyl (C=O) groups excluding carboxylic acids is 2. The van der Waals surface area contributed by atoms with Gasteiger partial charge in [0.25, 0.3) is 0 Å². The van der Waals surface area contributed by atoms with Gasteiger partial charge in [-0.15, -0.1) is 0 Å². The molecule has 0 atom stereocenters. The molecule has 0 saturated carbocycles. The first-order valence-corrected chi connectivity index (χ1v) is 23.1. The van der Waals surface area contributed by atoms with Gasteiger partial charge >= 0.3 is 6.97 Å². The number of hydrogen-bond acceptors (Lipinski definition) is 10. The second-order valence-corrected chi connectivity index (χ2v) is 16.7. The highest BCUT2D eigenvalue weighted by atomic mass is 35.5. The quantitative estimate of drug-likeness (QED) is 0.0553. The molecule has 15 nitrogen and oxygen atoms in total. The number of H-pyrrole nitrogens is 1. The lowest BCUT2D eigenvalue weighted by Gasteiger charge is -2.36. The van der Waals surface area contributed by atoms with Crippen molar-refractivity contribution in [1.29, 1.82) is 0 Å². The summed E-state index contributed by atoms with van der Waals surface area (Å²) in [5.74, 6) is 0.684. The van der Waals surface area contributed by atoms with Gasteiger partial charge < -0.3 is 62.4 Å². The van der Waals surface area contributed by atoms with Crippen LogP contribution in [0.5, 0.6) is 0 Å². The average Bonchev–Trinajstić information content (AvgIpc) is 4.09. The Morgan fingerprint density at radius 3 is 2.29 bits per heavy atom. The molecule has 4 aliphatic rings. The summed E-state index contributed by atoms with van der Waals surface area (Å²) in [7, 11) is 0. The molecule has 66 heavy (non-hydrogen) atoms. The number of allylic oxidation sites excluding steroid dienone is 2. The summed E-state index contributed by atoms with van der Waals surface area (Å²) in [6.45, 7) is 4.11. The van der Waals surface area contributed by atoms with Crippen molar-refractivity contribution < 1.29 is 41.7 Å². The standard InChI is InChI=1S/C47H57BClF2N9O6/c49-35-8-13-41-43(33-35)56-47(39-5-1-2-6-40(39)55-41)58-23-21-57(22-24-58)20-4-18-53-46(62)16-25-63-27-29-65-31-32-66-30-28-64-26-19-54-45(61)15-12-36-9-10-37-34-38-11-14-44(42-7-3-17-52-42)60(38)48(50,51)59(36)37/h1-3,5-11,13-14,17,33-34,52,55H,4,12,15-16,18-32H2,(H,53,62)(H,54,61). The van der Waals surface area contributed by atoms with Crippen LogP contribution >= 0.6 is 11.6 Å². The van der Waals surface area contributed by atoms with Gasteiger partial charge in [-0.3, -0.25) is 14.5 Å². The number of benzene rings is 2. The van der Waals surface area contributed by atoms with Gasteiger partial charge in [-0.2, -0.15) is 0 Å². The minimum absolute atomic E-state index is 0.0301. The lowest BCUT2D eigenvalue weighted by Crippen LogP contribution is -2.51. The van der Waals surface area contributed by atoms with Crippen molar-refractivity contribution in [2.24, 2.45) is 4.99 Å². The predicted molar refractivity (Wildman–Crippen MR) is 252 cm³/mol. The van der Waals surface area contributed by atoms with Crippen molar-refractivity contribution in [2.45, 2.75) is 25.7 Å². The molecule has 1 saturated heterocycles. The number of rotatable bonds is 23. The Morgan fingerprint density at radius 2 is 1.52 bits per heavy atom. The normalized spacial score (nSPS) is 16.1. The summed E-state index contributed by atoms with van der Waals surface area (Å²) < 4.78 is 56.3. The zero-order valence-corrected chi connectivity index (χ0v) is 37.7. The second-order valence-electron chi connectivity index (χ2n) is 16.3. The zero-order valence-electron chi connectivity index (χ0n) is 37.0. The molecular weight excluding hydrogens is 871 g/mol. The number of piperazine rings is 1. The summed E-state index contributed by atoms with van der Waals surface area (Å²) in [6.07, 6.45) is 8.24. The van der Waals surface area contributed by atoms with E-state index in [0.29, 0.717) is 106 Å². The van der Waals surface area contributed by atoms with Gasteiger partial charge in [0.1, 0.15) is 11.5 Å². The number of halogens is 3. The Balaban J connectivity index is 0.595. The molecule has 2 aromatic carbocycles. The molecule has 2 amide bonds. The van der Waals surface area contributed by atoms with Crippen LogP contribution in [0.2, 0.25) is 5.02 Å². The van der Waals surface area contributed by atoms with Crippen LogP contribution in [-0.4, -0.2) is 153 Å². The molecule has 8 rings (SSSR count). The highest BCUT2D eigenvalue weighted by Crippen LogP contribution is 2.37. The number of ether oxygens (including phenoxy) is 4. The number of fused-ring (bicyclic) bond motifs is 4. The third-order valence-corrected chi connectivity index (χ3v) is 12.0. The second kappa shape index (κ2) is 22.7. The largest absolute Gasteiger partial charge is 0.737 e. The molecule has 4 aliphatic heterocycles. The number of hydrogen-bond donors (Lipinski definition) is 4. The average molecular weight is 928 g/mol. The third-order valence-electron chi connectivity index (χ3n) is 11.8. The summed E-state index contributed by atoms with van der Waals surface area (Å²) >= 11 is 6.31. The van der Waals surface area contributed by atoms with Gasteiger partial charge in [0.15, 0.2) is 11.4 Å². The summed E-state index contributed by atoms with van der Waals surface area (Å²) in [5.41, 5.74) is 6.13. The number of nitrogens with one attached hydrogen (secondary N) is 4. The molecule has 0 bridgehead atoms. The maximum Gasteiger partial charge on any atom is 0.737 e. The number of nitrogens with zero attached hydrogens (tertiary/aromatic N) is 5. The molecule has 4 N–H and O–H groups in total. The van der Waals surface area contributed by atoms with Crippen molar-refractivity contribution in [3.05, 3.63) is 118 Å². The van der Waals surface area contributed by atoms with E-state index >= 15 is 8.63 Å². The number of amidine groups is 1. The van der Waals surface area contributed by atoms with Crippen LogP contribution in [0.4, 0.5) is 25.7 Å². The molecular formula is C47H57BClF2N9O6. The number of carbonyl (C=O) groups is 2. The summed E-state index contributed by atoms with van der Waals surface area (Å²) in [4.78, 5) is 37.7. The van der Waals surface area contributed by atoms with Crippen LogP contribution in [-0.2, 0) is 35.0 Å². The number of amides is 2. The van der Waals surface area contributed by atoms with Crippen LogP contribution in [0, 0.1) is 0 Å². The van der Waals surface area contributed by atoms with Crippen LogP contribution in [0.1, 0.15) is 41.9 Å². The zero-order chi connectivity index (χ0) is 45.7. The fourth-order valence-electron chi connectivity index (χ4n) is 8.48. The van der Waals surface area contributed by atoms with Crippen LogP contribution in [0.25, 0.3) is 6.08 Å². The fraction of sp³-hybridized carbons (Fsp3) is 0.404. The molecule has 350 valence electrons. The number of aliphatic imine (C=N–C) groups is 1.